The predicted molar refractivity (Wildman–Crippen MR) is 75.5 cm³/mol. The molecule has 3 aromatic rings. The first-order valence-electron chi connectivity index (χ1n) is 6.18. The first-order chi connectivity index (χ1) is 10.2. The number of rotatable bonds is 3. The van der Waals surface area contributed by atoms with E-state index in [2.05, 4.69) is 15.5 Å². The van der Waals surface area contributed by atoms with Gasteiger partial charge in [0.2, 0.25) is 0 Å². The van der Waals surface area contributed by atoms with Gasteiger partial charge in [0.1, 0.15) is 11.5 Å². The minimum atomic E-state index is -0.422. The van der Waals surface area contributed by atoms with E-state index in [4.69, 9.17) is 10.5 Å². The van der Waals surface area contributed by atoms with Crippen LogP contribution in [0.1, 0.15) is 0 Å². The smallest absolute Gasteiger partial charge is 0.191 e. The van der Waals surface area contributed by atoms with Gasteiger partial charge in [-0.1, -0.05) is 18.2 Å². The summed E-state index contributed by atoms with van der Waals surface area (Å²) in [6.07, 6.45) is 0. The highest BCUT2D eigenvalue weighted by atomic mass is 19.1. The predicted octanol–water partition coefficient (Wildman–Crippen LogP) is 2.06. The van der Waals surface area contributed by atoms with Crippen LogP contribution >= 0.6 is 0 Å². The van der Waals surface area contributed by atoms with E-state index in [-0.39, 0.29) is 5.69 Å². The van der Waals surface area contributed by atoms with Crippen LogP contribution in [0.3, 0.4) is 0 Å². The molecule has 21 heavy (non-hydrogen) atoms. The Morgan fingerprint density at radius 2 is 1.95 bits per heavy atom. The Bertz CT molecular complexity index is 787. The number of para-hydroxylation sites is 2. The Labute approximate surface area is 120 Å². The Balaban J connectivity index is 2.21. The van der Waals surface area contributed by atoms with Crippen LogP contribution in [0, 0.1) is 5.82 Å². The van der Waals surface area contributed by atoms with Gasteiger partial charge in [0, 0.05) is 0 Å². The van der Waals surface area contributed by atoms with Gasteiger partial charge >= 0.3 is 0 Å². The molecule has 0 spiro atoms. The molecule has 106 valence electrons. The molecule has 0 aliphatic carbocycles. The molecule has 3 rings (SSSR count). The van der Waals surface area contributed by atoms with E-state index >= 15 is 0 Å². The summed E-state index contributed by atoms with van der Waals surface area (Å²) >= 11 is 0. The average Bonchev–Trinajstić information content (AvgIpc) is 2.96. The van der Waals surface area contributed by atoms with Crippen LogP contribution in [-0.2, 0) is 0 Å². The summed E-state index contributed by atoms with van der Waals surface area (Å²) in [6.45, 7) is 0. The van der Waals surface area contributed by atoms with E-state index in [1.54, 1.807) is 36.4 Å². The number of aromatic nitrogens is 4. The molecule has 2 aromatic carbocycles. The number of nitrogen functional groups attached to an aromatic ring is 1. The van der Waals surface area contributed by atoms with Crippen LogP contribution in [0.15, 0.2) is 42.5 Å². The molecule has 0 fully saturated rings. The summed E-state index contributed by atoms with van der Waals surface area (Å²) in [5.41, 5.74) is 7.18. The van der Waals surface area contributed by atoms with E-state index in [1.165, 1.54) is 17.9 Å². The second-order valence-electron chi connectivity index (χ2n) is 4.29. The van der Waals surface area contributed by atoms with E-state index in [0.29, 0.717) is 22.8 Å². The molecular formula is C14H12FN5O. The summed E-state index contributed by atoms with van der Waals surface area (Å²) in [5, 5.41) is 11.4. The molecule has 0 bridgehead atoms. The fourth-order valence-corrected chi connectivity index (χ4v) is 2.10. The minimum Gasteiger partial charge on any atom is -0.494 e. The lowest BCUT2D eigenvalue weighted by Gasteiger charge is -2.11. The third-order valence-electron chi connectivity index (χ3n) is 3.04. The van der Waals surface area contributed by atoms with E-state index in [0.717, 1.165) is 0 Å². The van der Waals surface area contributed by atoms with Crippen molar-refractivity contribution in [2.75, 3.05) is 12.8 Å². The SMILES string of the molecule is COc1c(N)cccc1-c1nnnn1-c1ccccc1F. The molecular weight excluding hydrogens is 273 g/mol. The van der Waals surface area contributed by atoms with E-state index in [9.17, 15) is 4.39 Å². The topological polar surface area (TPSA) is 78.8 Å². The molecule has 0 aliphatic rings. The van der Waals surface area contributed by atoms with Crippen LogP contribution in [0.25, 0.3) is 17.1 Å². The highest BCUT2D eigenvalue weighted by Gasteiger charge is 2.18. The highest BCUT2D eigenvalue weighted by molar-refractivity contribution is 5.73. The van der Waals surface area contributed by atoms with Crippen LogP contribution in [0.4, 0.5) is 10.1 Å². The Kier molecular flexibility index (Phi) is 3.23. The van der Waals surface area contributed by atoms with Gasteiger partial charge in [-0.15, -0.1) is 5.10 Å². The van der Waals surface area contributed by atoms with Crippen molar-refractivity contribution in [2.24, 2.45) is 0 Å². The second kappa shape index (κ2) is 5.20. The van der Waals surface area contributed by atoms with Gasteiger partial charge < -0.3 is 10.5 Å². The van der Waals surface area contributed by atoms with Crippen LogP contribution in [0.2, 0.25) is 0 Å². The fraction of sp³-hybridized carbons (Fsp3) is 0.0714. The van der Waals surface area contributed by atoms with E-state index < -0.39 is 5.82 Å². The molecule has 0 saturated carbocycles. The number of halogens is 1. The molecule has 0 aliphatic heterocycles. The number of nitrogens with zero attached hydrogens (tertiary/aromatic N) is 4. The largest absolute Gasteiger partial charge is 0.494 e. The first kappa shape index (κ1) is 13.0. The summed E-state index contributed by atoms with van der Waals surface area (Å²) in [5.74, 6) is 0.378. The van der Waals surface area contributed by atoms with Crippen LogP contribution < -0.4 is 10.5 Å². The number of hydrogen-bond donors (Lipinski definition) is 1. The quantitative estimate of drug-likeness (QED) is 0.745. The summed E-state index contributed by atoms with van der Waals surface area (Å²) in [7, 11) is 1.51. The summed E-state index contributed by atoms with van der Waals surface area (Å²) in [4.78, 5) is 0. The average molecular weight is 285 g/mol. The molecule has 1 aromatic heterocycles. The maximum absolute atomic E-state index is 13.9. The van der Waals surface area contributed by atoms with Crippen molar-refractivity contribution in [3.05, 3.63) is 48.3 Å². The van der Waals surface area contributed by atoms with Gasteiger partial charge in [-0.2, -0.15) is 4.68 Å². The van der Waals surface area contributed by atoms with Crippen molar-refractivity contribution in [3.8, 4) is 22.8 Å². The standard InChI is InChI=1S/C14H12FN5O/c1-21-13-9(5-4-7-11(13)16)14-17-18-19-20(14)12-8-3-2-6-10(12)15/h2-8H,16H2,1H3. The lowest BCUT2D eigenvalue weighted by Crippen LogP contribution is -2.04. The van der Waals surface area contributed by atoms with E-state index in [1.807, 2.05) is 0 Å². The highest BCUT2D eigenvalue weighted by Crippen LogP contribution is 2.34. The van der Waals surface area contributed by atoms with Crippen LogP contribution in [0.5, 0.6) is 5.75 Å². The molecule has 1 heterocycles. The Hall–Kier alpha value is -2.96. The number of anilines is 1. The lowest BCUT2D eigenvalue weighted by molar-refractivity contribution is 0.418. The monoisotopic (exact) mass is 285 g/mol. The molecule has 0 atom stereocenters. The maximum atomic E-state index is 13.9. The number of nitrogens with two attached hydrogens (primary N) is 1. The number of methoxy groups -OCH3 is 1. The number of ether oxygens (including phenoxy) is 1. The fourth-order valence-electron chi connectivity index (χ4n) is 2.10. The van der Waals surface area contributed by atoms with Gasteiger partial charge in [0.05, 0.1) is 18.4 Å². The number of hydrogen-bond acceptors (Lipinski definition) is 5. The van der Waals surface area contributed by atoms with Crippen molar-refractivity contribution in [1.82, 2.24) is 20.2 Å². The molecule has 6 nitrogen and oxygen atoms in total. The lowest BCUT2D eigenvalue weighted by atomic mass is 10.1. The zero-order valence-electron chi connectivity index (χ0n) is 11.2. The summed E-state index contributed by atoms with van der Waals surface area (Å²) < 4.78 is 20.5. The second-order valence-corrected chi connectivity index (χ2v) is 4.29. The third-order valence-corrected chi connectivity index (χ3v) is 3.04. The maximum Gasteiger partial charge on any atom is 0.191 e. The van der Waals surface area contributed by atoms with Crippen molar-refractivity contribution in [1.29, 1.82) is 0 Å². The van der Waals surface area contributed by atoms with Crippen molar-refractivity contribution < 1.29 is 9.13 Å². The third kappa shape index (κ3) is 2.18. The number of benzene rings is 2. The molecule has 0 amide bonds. The molecule has 2 N–H and O–H groups in total. The van der Waals surface area contributed by atoms with Gasteiger partial charge in [0.25, 0.3) is 0 Å². The van der Waals surface area contributed by atoms with Crippen LogP contribution in [-0.4, -0.2) is 27.3 Å². The normalized spacial score (nSPS) is 10.6. The number of tetrazole rings is 1. The Morgan fingerprint density at radius 3 is 2.71 bits per heavy atom. The van der Waals surface area contributed by atoms with Gasteiger partial charge in [-0.05, 0) is 34.7 Å². The van der Waals surface area contributed by atoms with Gasteiger partial charge in [0.15, 0.2) is 11.6 Å². The molecule has 0 saturated heterocycles. The van der Waals surface area contributed by atoms with Gasteiger partial charge in [-0.25, -0.2) is 4.39 Å². The molecule has 7 heteroatoms. The van der Waals surface area contributed by atoms with Gasteiger partial charge in [-0.3, -0.25) is 0 Å². The van der Waals surface area contributed by atoms with Crippen molar-refractivity contribution in [3.63, 3.8) is 0 Å². The van der Waals surface area contributed by atoms with Crippen molar-refractivity contribution >= 4 is 5.69 Å². The first-order valence-corrected chi connectivity index (χ1v) is 6.18. The zero-order chi connectivity index (χ0) is 14.8. The Morgan fingerprint density at radius 1 is 1.14 bits per heavy atom. The minimum absolute atomic E-state index is 0.252. The molecule has 0 unspecified atom stereocenters. The zero-order valence-corrected chi connectivity index (χ0v) is 11.2. The summed E-state index contributed by atoms with van der Waals surface area (Å²) in [6, 6.07) is 11.5. The van der Waals surface area contributed by atoms with Crippen molar-refractivity contribution in [2.45, 2.75) is 0 Å². The molecule has 0 radical (unpaired) electrons.